The second kappa shape index (κ2) is 9.38. The van der Waals surface area contributed by atoms with Crippen LogP contribution in [0.1, 0.15) is 50.8 Å². The lowest BCUT2D eigenvalue weighted by atomic mass is 9.87. The number of amides is 1. The summed E-state index contributed by atoms with van der Waals surface area (Å²) in [5, 5.41) is 10.9. The summed E-state index contributed by atoms with van der Waals surface area (Å²) in [6.07, 6.45) is 6.22. The van der Waals surface area contributed by atoms with Gasteiger partial charge in [-0.25, -0.2) is 0 Å². The van der Waals surface area contributed by atoms with E-state index in [1.165, 1.54) is 5.56 Å². The Hall–Kier alpha value is -1.85. The molecule has 0 bridgehead atoms. The number of aromatic nitrogens is 2. The van der Waals surface area contributed by atoms with E-state index in [1.54, 1.807) is 6.20 Å². The maximum atomic E-state index is 13.2. The lowest BCUT2D eigenvalue weighted by Crippen LogP contribution is -2.55. The molecule has 2 aromatic rings. The molecular weight excluding hydrogens is 360 g/mol. The molecule has 6 heteroatoms. The van der Waals surface area contributed by atoms with E-state index in [-0.39, 0.29) is 24.4 Å². The van der Waals surface area contributed by atoms with E-state index in [1.807, 2.05) is 23.9 Å². The number of piperidine rings is 1. The second-order valence-electron chi connectivity index (χ2n) is 7.77. The molecule has 0 spiro atoms. The van der Waals surface area contributed by atoms with Crippen molar-refractivity contribution in [3.05, 3.63) is 53.9 Å². The highest BCUT2D eigenvalue weighted by atomic mass is 35.5. The molecule has 2 heterocycles. The average Bonchev–Trinajstić information content (AvgIpc) is 3.17. The molecule has 1 aromatic heterocycles. The Morgan fingerprint density at radius 1 is 1.22 bits per heavy atom. The molecule has 1 saturated heterocycles. The number of carbonyl (C=O) groups is 1. The highest BCUT2D eigenvalue weighted by Crippen LogP contribution is 2.28. The standard InChI is InChI=1S/C21H30N4O.ClH/c1-16(2)15-18-5-7-19(8-6-18)17(3)24-20(26)21(9-12-22-13-10-21)25-14-4-11-23-25;/h4-8,11,14,16-17,22H,9-10,12-13,15H2,1-3H3,(H,24,26);1H. The van der Waals surface area contributed by atoms with Gasteiger partial charge in [0.1, 0.15) is 5.54 Å². The molecule has 0 saturated carbocycles. The van der Waals surface area contributed by atoms with Crippen molar-refractivity contribution in [3.63, 3.8) is 0 Å². The second-order valence-corrected chi connectivity index (χ2v) is 7.77. The van der Waals surface area contributed by atoms with Crippen molar-refractivity contribution in [2.45, 2.75) is 51.6 Å². The summed E-state index contributed by atoms with van der Waals surface area (Å²) >= 11 is 0. The number of rotatable bonds is 6. The first-order valence-corrected chi connectivity index (χ1v) is 9.62. The van der Waals surface area contributed by atoms with Gasteiger partial charge in [0.05, 0.1) is 6.04 Å². The molecule has 1 aliphatic heterocycles. The third-order valence-corrected chi connectivity index (χ3v) is 5.27. The van der Waals surface area contributed by atoms with Gasteiger partial charge in [0, 0.05) is 12.4 Å². The van der Waals surface area contributed by atoms with Crippen LogP contribution in [0.25, 0.3) is 0 Å². The van der Waals surface area contributed by atoms with E-state index in [0.717, 1.165) is 37.9 Å². The summed E-state index contributed by atoms with van der Waals surface area (Å²) in [5.41, 5.74) is 1.88. The quantitative estimate of drug-likeness (QED) is 0.794. The van der Waals surface area contributed by atoms with Gasteiger partial charge < -0.3 is 10.6 Å². The Morgan fingerprint density at radius 3 is 2.44 bits per heavy atom. The molecule has 1 atom stereocenters. The van der Waals surface area contributed by atoms with Crippen LogP contribution in [0.4, 0.5) is 0 Å². The fourth-order valence-electron chi connectivity index (χ4n) is 3.75. The van der Waals surface area contributed by atoms with Gasteiger partial charge in [-0.2, -0.15) is 5.10 Å². The average molecular weight is 391 g/mol. The van der Waals surface area contributed by atoms with Crippen LogP contribution in [0.15, 0.2) is 42.7 Å². The molecule has 1 amide bonds. The zero-order valence-electron chi connectivity index (χ0n) is 16.4. The van der Waals surface area contributed by atoms with Gasteiger partial charge >= 0.3 is 0 Å². The largest absolute Gasteiger partial charge is 0.347 e. The molecule has 27 heavy (non-hydrogen) atoms. The van der Waals surface area contributed by atoms with Crippen molar-refractivity contribution in [1.82, 2.24) is 20.4 Å². The van der Waals surface area contributed by atoms with Crippen LogP contribution in [0.3, 0.4) is 0 Å². The predicted octanol–water partition coefficient (Wildman–Crippen LogP) is 3.46. The normalized spacial score (nSPS) is 17.2. The third kappa shape index (κ3) is 4.90. The molecule has 1 aliphatic rings. The van der Waals surface area contributed by atoms with Crippen molar-refractivity contribution >= 4 is 18.3 Å². The zero-order valence-corrected chi connectivity index (χ0v) is 17.3. The summed E-state index contributed by atoms with van der Waals surface area (Å²) in [6.45, 7) is 8.15. The van der Waals surface area contributed by atoms with E-state index in [0.29, 0.717) is 5.92 Å². The van der Waals surface area contributed by atoms with Crippen molar-refractivity contribution in [3.8, 4) is 0 Å². The van der Waals surface area contributed by atoms with Crippen LogP contribution in [-0.4, -0.2) is 28.8 Å². The minimum atomic E-state index is -0.597. The number of hydrogen-bond donors (Lipinski definition) is 2. The van der Waals surface area contributed by atoms with Gasteiger partial charge in [-0.05, 0) is 62.4 Å². The monoisotopic (exact) mass is 390 g/mol. The molecule has 148 valence electrons. The highest BCUT2D eigenvalue weighted by molar-refractivity contribution is 5.85. The molecule has 0 radical (unpaired) electrons. The van der Waals surface area contributed by atoms with Crippen LogP contribution in [-0.2, 0) is 16.8 Å². The van der Waals surface area contributed by atoms with Gasteiger partial charge in [0.15, 0.2) is 0 Å². The predicted molar refractivity (Wildman–Crippen MR) is 111 cm³/mol. The van der Waals surface area contributed by atoms with Crippen LogP contribution >= 0.6 is 12.4 Å². The Balaban J connectivity index is 0.00000261. The maximum Gasteiger partial charge on any atom is 0.248 e. The summed E-state index contributed by atoms with van der Waals surface area (Å²) in [4.78, 5) is 13.2. The fraction of sp³-hybridized carbons (Fsp3) is 0.524. The topological polar surface area (TPSA) is 59.0 Å². The van der Waals surface area contributed by atoms with E-state index in [9.17, 15) is 4.79 Å². The molecule has 1 unspecified atom stereocenters. The minimum absolute atomic E-state index is 0. The van der Waals surface area contributed by atoms with Gasteiger partial charge in [-0.1, -0.05) is 38.1 Å². The molecule has 5 nitrogen and oxygen atoms in total. The lowest BCUT2D eigenvalue weighted by molar-refractivity contribution is -0.132. The summed E-state index contributed by atoms with van der Waals surface area (Å²) in [5.74, 6) is 0.702. The van der Waals surface area contributed by atoms with Crippen LogP contribution in [0.5, 0.6) is 0 Å². The first-order chi connectivity index (χ1) is 12.5. The minimum Gasteiger partial charge on any atom is -0.347 e. The third-order valence-electron chi connectivity index (χ3n) is 5.27. The Bertz CT molecular complexity index is 706. The van der Waals surface area contributed by atoms with E-state index >= 15 is 0 Å². The Morgan fingerprint density at radius 2 is 1.89 bits per heavy atom. The molecule has 0 aliphatic carbocycles. The van der Waals surface area contributed by atoms with Gasteiger partial charge in [-0.15, -0.1) is 12.4 Å². The van der Waals surface area contributed by atoms with E-state index < -0.39 is 5.54 Å². The Kier molecular flexibility index (Phi) is 7.45. The molecular formula is C21H31ClN4O. The van der Waals surface area contributed by atoms with Gasteiger partial charge in [0.25, 0.3) is 0 Å². The van der Waals surface area contributed by atoms with Crippen molar-refractivity contribution in [2.75, 3.05) is 13.1 Å². The molecule has 1 fully saturated rings. The fourth-order valence-corrected chi connectivity index (χ4v) is 3.75. The SMILES string of the molecule is CC(C)Cc1ccc(C(C)NC(=O)C2(n3cccn3)CCNCC2)cc1.Cl. The Labute approximate surface area is 168 Å². The summed E-state index contributed by atoms with van der Waals surface area (Å²) in [6, 6.07) is 10.5. The number of hydrogen-bond acceptors (Lipinski definition) is 3. The van der Waals surface area contributed by atoms with Gasteiger partial charge in [0.2, 0.25) is 5.91 Å². The van der Waals surface area contributed by atoms with Crippen molar-refractivity contribution in [1.29, 1.82) is 0 Å². The molecule has 2 N–H and O–H groups in total. The highest BCUT2D eigenvalue weighted by Gasteiger charge is 2.42. The smallest absolute Gasteiger partial charge is 0.248 e. The first-order valence-electron chi connectivity index (χ1n) is 9.62. The summed E-state index contributed by atoms with van der Waals surface area (Å²) < 4.78 is 1.83. The first kappa shape index (κ1) is 21.5. The number of carbonyl (C=O) groups excluding carboxylic acids is 1. The van der Waals surface area contributed by atoms with E-state index in [4.69, 9.17) is 0 Å². The van der Waals surface area contributed by atoms with Gasteiger partial charge in [-0.3, -0.25) is 9.48 Å². The van der Waals surface area contributed by atoms with E-state index in [2.05, 4.69) is 53.8 Å². The van der Waals surface area contributed by atoms with Crippen LogP contribution < -0.4 is 10.6 Å². The summed E-state index contributed by atoms with van der Waals surface area (Å²) in [7, 11) is 0. The number of nitrogens with zero attached hydrogens (tertiary/aromatic N) is 2. The van der Waals surface area contributed by atoms with Crippen LogP contribution in [0.2, 0.25) is 0 Å². The van der Waals surface area contributed by atoms with Crippen LogP contribution in [0, 0.1) is 5.92 Å². The van der Waals surface area contributed by atoms with Crippen molar-refractivity contribution < 1.29 is 4.79 Å². The van der Waals surface area contributed by atoms with Crippen molar-refractivity contribution in [2.24, 2.45) is 5.92 Å². The maximum absolute atomic E-state index is 13.2. The number of nitrogens with one attached hydrogen (secondary N) is 2. The molecule has 1 aromatic carbocycles. The molecule has 3 rings (SSSR count). The lowest BCUT2D eigenvalue weighted by Gasteiger charge is -2.37. The number of benzene rings is 1. The number of halogens is 1. The zero-order chi connectivity index (χ0) is 18.6.